The van der Waals surface area contributed by atoms with Gasteiger partial charge in [-0.15, -0.1) is 0 Å². The molecule has 0 bridgehead atoms. The summed E-state index contributed by atoms with van der Waals surface area (Å²) >= 11 is 0. The van der Waals surface area contributed by atoms with E-state index in [-0.39, 0.29) is 0 Å². The molecule has 2 aromatic heterocycles. The number of hydrogen-bond donors (Lipinski definition) is 0. The highest BCUT2D eigenvalue weighted by molar-refractivity contribution is 5.51. The largest absolute Gasteiger partial charge is 0.376 e. The Balaban J connectivity index is 2.66. The number of hydrogen-bond acceptors (Lipinski definition) is 2. The topological polar surface area (TPSA) is 20.5 Å². The van der Waals surface area contributed by atoms with Gasteiger partial charge in [0.2, 0.25) is 0 Å². The van der Waals surface area contributed by atoms with E-state index in [1.807, 2.05) is 26.4 Å². The first kappa shape index (κ1) is 8.10. The van der Waals surface area contributed by atoms with Crippen LogP contribution in [-0.2, 0) is 0 Å². The molecule has 0 aliphatic rings. The number of imidazole rings is 1. The maximum absolute atomic E-state index is 4.26. The molecule has 0 aliphatic carbocycles. The van der Waals surface area contributed by atoms with Gasteiger partial charge in [-0.2, -0.15) is 0 Å². The van der Waals surface area contributed by atoms with Gasteiger partial charge < -0.3 is 9.30 Å². The molecule has 68 valence electrons. The number of pyridine rings is 1. The predicted octanol–water partition coefficient (Wildman–Crippen LogP) is 1.71. The van der Waals surface area contributed by atoms with Crippen molar-refractivity contribution in [2.75, 3.05) is 19.0 Å². The van der Waals surface area contributed by atoms with Crippen molar-refractivity contribution in [2.45, 2.75) is 6.92 Å². The highest BCUT2D eigenvalue weighted by Gasteiger charge is 2.00. The third-order valence-corrected chi connectivity index (χ3v) is 2.19. The Kier molecular flexibility index (Phi) is 1.72. The van der Waals surface area contributed by atoms with E-state index < -0.39 is 0 Å². The van der Waals surface area contributed by atoms with E-state index in [1.165, 1.54) is 11.4 Å². The third kappa shape index (κ3) is 1.26. The van der Waals surface area contributed by atoms with Gasteiger partial charge in [-0.25, -0.2) is 4.98 Å². The van der Waals surface area contributed by atoms with Gasteiger partial charge in [-0.3, -0.25) is 0 Å². The number of rotatable bonds is 1. The van der Waals surface area contributed by atoms with Crippen LogP contribution >= 0.6 is 0 Å². The minimum atomic E-state index is 1.00. The Morgan fingerprint density at radius 3 is 2.77 bits per heavy atom. The average molecular weight is 175 g/mol. The molecular formula is C10H13N3. The molecule has 0 saturated heterocycles. The fourth-order valence-corrected chi connectivity index (χ4v) is 1.36. The second kappa shape index (κ2) is 2.76. The van der Waals surface area contributed by atoms with Crippen LogP contribution in [0.3, 0.4) is 0 Å². The lowest BCUT2D eigenvalue weighted by molar-refractivity contribution is 1.06. The molecule has 3 nitrogen and oxygen atoms in total. The second-order valence-electron chi connectivity index (χ2n) is 3.41. The number of anilines is 1. The number of fused-ring (bicyclic) bond motifs is 1. The lowest BCUT2D eigenvalue weighted by Crippen LogP contribution is -2.09. The number of aryl methyl sites for hydroxylation is 1. The van der Waals surface area contributed by atoms with Gasteiger partial charge in [0.25, 0.3) is 0 Å². The van der Waals surface area contributed by atoms with Gasteiger partial charge in [0.1, 0.15) is 5.65 Å². The van der Waals surface area contributed by atoms with E-state index in [9.17, 15) is 0 Å². The zero-order valence-corrected chi connectivity index (χ0v) is 8.15. The fourth-order valence-electron chi connectivity index (χ4n) is 1.36. The minimum Gasteiger partial charge on any atom is -0.376 e. The van der Waals surface area contributed by atoms with Gasteiger partial charge in [0.05, 0.1) is 5.69 Å². The first-order valence-electron chi connectivity index (χ1n) is 4.29. The van der Waals surface area contributed by atoms with Crippen LogP contribution in [-0.4, -0.2) is 23.5 Å². The molecule has 3 heteroatoms. The van der Waals surface area contributed by atoms with Crippen LogP contribution in [0.25, 0.3) is 5.65 Å². The summed E-state index contributed by atoms with van der Waals surface area (Å²) in [4.78, 5) is 6.35. The smallest absolute Gasteiger partial charge is 0.137 e. The summed E-state index contributed by atoms with van der Waals surface area (Å²) in [5.74, 6) is 0. The summed E-state index contributed by atoms with van der Waals surface area (Å²) in [6, 6.07) is 4.10. The normalized spacial score (nSPS) is 10.7. The Hall–Kier alpha value is -1.51. The Morgan fingerprint density at radius 1 is 1.31 bits per heavy atom. The van der Waals surface area contributed by atoms with Crippen LogP contribution < -0.4 is 4.90 Å². The van der Waals surface area contributed by atoms with Crippen LogP contribution in [0, 0.1) is 6.92 Å². The molecule has 2 heterocycles. The molecule has 0 unspecified atom stereocenters. The van der Waals surface area contributed by atoms with Gasteiger partial charge >= 0.3 is 0 Å². The van der Waals surface area contributed by atoms with Crippen molar-refractivity contribution < 1.29 is 0 Å². The lowest BCUT2D eigenvalue weighted by atomic mass is 10.4. The molecule has 0 fully saturated rings. The van der Waals surface area contributed by atoms with Gasteiger partial charge in [0, 0.05) is 32.2 Å². The van der Waals surface area contributed by atoms with Crippen LogP contribution in [0.4, 0.5) is 5.69 Å². The molecule has 0 aromatic carbocycles. The van der Waals surface area contributed by atoms with Gasteiger partial charge in [-0.05, 0) is 19.1 Å². The van der Waals surface area contributed by atoms with E-state index in [4.69, 9.17) is 0 Å². The van der Waals surface area contributed by atoms with E-state index >= 15 is 0 Å². The van der Waals surface area contributed by atoms with Crippen LogP contribution in [0.15, 0.2) is 24.5 Å². The molecule has 2 aromatic rings. The molecule has 0 amide bonds. The summed E-state index contributed by atoms with van der Waals surface area (Å²) in [6.45, 7) is 2.06. The van der Waals surface area contributed by atoms with Crippen molar-refractivity contribution in [1.82, 2.24) is 9.38 Å². The van der Waals surface area contributed by atoms with Crippen molar-refractivity contribution in [1.29, 1.82) is 0 Å². The maximum atomic E-state index is 4.26. The fraction of sp³-hybridized carbons (Fsp3) is 0.300. The lowest BCUT2D eigenvalue weighted by Gasteiger charge is -2.12. The molecule has 0 saturated carbocycles. The predicted molar refractivity (Wildman–Crippen MR) is 54.3 cm³/mol. The van der Waals surface area contributed by atoms with Gasteiger partial charge in [0.15, 0.2) is 0 Å². The van der Waals surface area contributed by atoms with Crippen molar-refractivity contribution in [3.63, 3.8) is 0 Å². The molecule has 2 rings (SSSR count). The van der Waals surface area contributed by atoms with Crippen molar-refractivity contribution >= 4 is 11.3 Å². The zero-order chi connectivity index (χ0) is 9.42. The molecule has 0 aliphatic heterocycles. The average Bonchev–Trinajstić information content (AvgIpc) is 2.47. The highest BCUT2D eigenvalue weighted by atomic mass is 15.1. The number of nitrogens with zero attached hydrogens (tertiary/aromatic N) is 3. The Morgan fingerprint density at radius 2 is 2.08 bits per heavy atom. The quantitative estimate of drug-likeness (QED) is 0.657. The van der Waals surface area contributed by atoms with Crippen LogP contribution in [0.1, 0.15) is 5.69 Å². The van der Waals surface area contributed by atoms with Gasteiger partial charge in [-0.1, -0.05) is 0 Å². The first-order chi connectivity index (χ1) is 6.18. The van der Waals surface area contributed by atoms with E-state index in [1.54, 1.807) is 0 Å². The standard InChI is InChI=1S/C10H13N3/c1-8-6-11-10-5-4-9(12(2)3)7-13(8)10/h4-7H,1-3H3. The molecule has 13 heavy (non-hydrogen) atoms. The Labute approximate surface area is 77.6 Å². The van der Waals surface area contributed by atoms with E-state index in [0.717, 1.165) is 5.65 Å². The monoisotopic (exact) mass is 175 g/mol. The van der Waals surface area contributed by atoms with E-state index in [2.05, 4.69) is 33.5 Å². The SMILES string of the molecule is Cc1cnc2ccc(N(C)C)cn12. The third-order valence-electron chi connectivity index (χ3n) is 2.19. The zero-order valence-electron chi connectivity index (χ0n) is 8.15. The van der Waals surface area contributed by atoms with Crippen LogP contribution in [0.2, 0.25) is 0 Å². The summed E-state index contributed by atoms with van der Waals surface area (Å²) in [6.07, 6.45) is 3.98. The summed E-state index contributed by atoms with van der Waals surface area (Å²) in [5.41, 5.74) is 3.36. The van der Waals surface area contributed by atoms with Crippen molar-refractivity contribution in [3.8, 4) is 0 Å². The number of aromatic nitrogens is 2. The molecule has 0 atom stereocenters. The summed E-state index contributed by atoms with van der Waals surface area (Å²) in [5, 5.41) is 0. The van der Waals surface area contributed by atoms with Crippen LogP contribution in [0.5, 0.6) is 0 Å². The molecule has 0 spiro atoms. The molecular weight excluding hydrogens is 162 g/mol. The summed E-state index contributed by atoms with van der Waals surface area (Å²) < 4.78 is 2.09. The van der Waals surface area contributed by atoms with Crippen molar-refractivity contribution in [2.24, 2.45) is 0 Å². The van der Waals surface area contributed by atoms with Crippen molar-refractivity contribution in [3.05, 3.63) is 30.2 Å². The molecule has 0 radical (unpaired) electrons. The minimum absolute atomic E-state index is 1.00. The Bertz CT molecular complexity index is 429. The highest BCUT2D eigenvalue weighted by Crippen LogP contribution is 2.14. The van der Waals surface area contributed by atoms with E-state index in [0.29, 0.717) is 0 Å². The maximum Gasteiger partial charge on any atom is 0.137 e. The summed E-state index contributed by atoms with van der Waals surface area (Å²) in [7, 11) is 4.07. The first-order valence-corrected chi connectivity index (χ1v) is 4.29. The molecule has 0 N–H and O–H groups in total. The second-order valence-corrected chi connectivity index (χ2v) is 3.41.